The van der Waals surface area contributed by atoms with E-state index < -0.39 is 15.1 Å². The van der Waals surface area contributed by atoms with Gasteiger partial charge in [-0.1, -0.05) is 23.7 Å². The predicted molar refractivity (Wildman–Crippen MR) is 95.2 cm³/mol. The van der Waals surface area contributed by atoms with Crippen molar-refractivity contribution in [3.05, 3.63) is 29.3 Å². The van der Waals surface area contributed by atoms with Gasteiger partial charge in [0, 0.05) is 26.2 Å². The van der Waals surface area contributed by atoms with E-state index in [9.17, 15) is 13.2 Å². The molecule has 1 aliphatic rings. The molecular weight excluding hydrogens is 350 g/mol. The van der Waals surface area contributed by atoms with E-state index in [0.29, 0.717) is 32.5 Å². The Morgan fingerprint density at radius 1 is 1.29 bits per heavy atom. The second kappa shape index (κ2) is 8.18. The van der Waals surface area contributed by atoms with Crippen LogP contribution < -0.4 is 5.32 Å². The minimum atomic E-state index is -3.47. The molecule has 6 nitrogen and oxygen atoms in total. The quantitative estimate of drug-likeness (QED) is 0.855. The highest BCUT2D eigenvalue weighted by Gasteiger charge is 2.33. The molecule has 0 unspecified atom stereocenters. The Balaban J connectivity index is 1.93. The first-order chi connectivity index (χ1) is 11.3. The van der Waals surface area contributed by atoms with E-state index in [0.717, 1.165) is 6.54 Å². The van der Waals surface area contributed by atoms with Gasteiger partial charge in [-0.15, -0.1) is 0 Å². The summed E-state index contributed by atoms with van der Waals surface area (Å²) in [7, 11) is 0.416. The van der Waals surface area contributed by atoms with Gasteiger partial charge in [-0.2, -0.15) is 0 Å². The second-order valence-corrected chi connectivity index (χ2v) is 8.80. The molecule has 0 aromatic heterocycles. The number of nitrogens with one attached hydrogen (secondary N) is 1. The maximum Gasteiger partial charge on any atom is 0.317 e. The summed E-state index contributed by atoms with van der Waals surface area (Å²) < 4.78 is 25.4. The fraction of sp³-hybridized carbons (Fsp3) is 0.562. The number of hydrogen-bond acceptors (Lipinski definition) is 4. The molecule has 1 heterocycles. The number of carbonyl (C=O) groups is 1. The highest BCUT2D eigenvalue weighted by atomic mass is 35.5. The maximum absolute atomic E-state index is 12.7. The Morgan fingerprint density at radius 2 is 1.92 bits per heavy atom. The lowest BCUT2D eigenvalue weighted by Gasteiger charge is -2.32. The van der Waals surface area contributed by atoms with E-state index in [-0.39, 0.29) is 15.9 Å². The molecule has 1 saturated heterocycles. The SMILES string of the molecule is CN(C)CCNC(=O)N1CCC(S(=O)(=O)c2ccccc2Cl)CC1. The van der Waals surface area contributed by atoms with Crippen LogP contribution in [0.25, 0.3) is 0 Å². The molecule has 0 atom stereocenters. The Hall–Kier alpha value is -1.31. The molecule has 1 aromatic rings. The first kappa shape index (κ1) is 19.0. The summed E-state index contributed by atoms with van der Waals surface area (Å²) >= 11 is 6.03. The van der Waals surface area contributed by atoms with E-state index in [2.05, 4.69) is 5.32 Å². The molecule has 134 valence electrons. The molecule has 8 heteroatoms. The summed E-state index contributed by atoms with van der Waals surface area (Å²) in [5.41, 5.74) is 0. The zero-order chi connectivity index (χ0) is 17.7. The number of benzene rings is 1. The third kappa shape index (κ3) is 4.62. The normalized spacial score (nSPS) is 16.4. The molecule has 0 radical (unpaired) electrons. The highest BCUT2D eigenvalue weighted by molar-refractivity contribution is 7.92. The van der Waals surface area contributed by atoms with Gasteiger partial charge in [0.25, 0.3) is 0 Å². The Morgan fingerprint density at radius 3 is 2.50 bits per heavy atom. The first-order valence-corrected chi connectivity index (χ1v) is 9.90. The van der Waals surface area contributed by atoms with Crippen molar-refractivity contribution in [2.45, 2.75) is 23.0 Å². The lowest BCUT2D eigenvalue weighted by Crippen LogP contribution is -2.48. The van der Waals surface area contributed by atoms with Gasteiger partial charge < -0.3 is 15.1 Å². The van der Waals surface area contributed by atoms with E-state index in [1.165, 1.54) is 6.07 Å². The Bertz CT molecular complexity index is 671. The topological polar surface area (TPSA) is 69.7 Å². The number of amides is 2. The standard InChI is InChI=1S/C16H24ClN3O3S/c1-19(2)12-9-18-16(21)20-10-7-13(8-11-20)24(22,23)15-6-4-3-5-14(15)17/h3-6,13H,7-12H2,1-2H3,(H,18,21). The fourth-order valence-corrected chi connectivity index (χ4v) is 4.98. The Labute approximate surface area is 148 Å². The van der Waals surface area contributed by atoms with Crippen molar-refractivity contribution in [2.24, 2.45) is 0 Å². The molecule has 24 heavy (non-hydrogen) atoms. The van der Waals surface area contributed by atoms with Crippen LogP contribution in [0.2, 0.25) is 5.02 Å². The zero-order valence-electron chi connectivity index (χ0n) is 14.0. The van der Waals surface area contributed by atoms with Gasteiger partial charge in [-0.05, 0) is 39.1 Å². The number of hydrogen-bond donors (Lipinski definition) is 1. The van der Waals surface area contributed by atoms with Crippen LogP contribution in [0, 0.1) is 0 Å². The lowest BCUT2D eigenvalue weighted by molar-refractivity contribution is 0.186. The predicted octanol–water partition coefficient (Wildman–Crippen LogP) is 1.85. The van der Waals surface area contributed by atoms with Gasteiger partial charge in [0.15, 0.2) is 9.84 Å². The van der Waals surface area contributed by atoms with Gasteiger partial charge in [0.2, 0.25) is 0 Å². The number of urea groups is 1. The highest BCUT2D eigenvalue weighted by Crippen LogP contribution is 2.29. The van der Waals surface area contributed by atoms with Crippen LogP contribution in [0.1, 0.15) is 12.8 Å². The van der Waals surface area contributed by atoms with Gasteiger partial charge in [-0.3, -0.25) is 0 Å². The molecular formula is C16H24ClN3O3S. The van der Waals surface area contributed by atoms with Crippen LogP contribution in [0.5, 0.6) is 0 Å². The zero-order valence-corrected chi connectivity index (χ0v) is 15.6. The van der Waals surface area contributed by atoms with E-state index >= 15 is 0 Å². The number of piperidine rings is 1. The molecule has 1 N–H and O–H groups in total. The van der Waals surface area contributed by atoms with Gasteiger partial charge >= 0.3 is 6.03 Å². The summed E-state index contributed by atoms with van der Waals surface area (Å²) in [6, 6.07) is 6.37. The van der Waals surface area contributed by atoms with Crippen LogP contribution in [0.3, 0.4) is 0 Å². The van der Waals surface area contributed by atoms with Crippen LogP contribution in [0.4, 0.5) is 4.79 Å². The Kier molecular flexibility index (Phi) is 6.48. The van der Waals surface area contributed by atoms with E-state index in [1.807, 2.05) is 19.0 Å². The monoisotopic (exact) mass is 373 g/mol. The van der Waals surface area contributed by atoms with Crippen LogP contribution in [-0.2, 0) is 9.84 Å². The molecule has 0 aliphatic carbocycles. The van der Waals surface area contributed by atoms with Crippen molar-refractivity contribution < 1.29 is 13.2 Å². The fourth-order valence-electron chi connectivity index (χ4n) is 2.72. The van der Waals surface area contributed by atoms with Gasteiger partial charge in [0.1, 0.15) is 0 Å². The third-order valence-electron chi connectivity index (χ3n) is 4.15. The van der Waals surface area contributed by atoms with Crippen molar-refractivity contribution in [1.82, 2.24) is 15.1 Å². The summed E-state index contributed by atoms with van der Waals surface area (Å²) in [4.78, 5) is 15.9. The lowest BCUT2D eigenvalue weighted by atomic mass is 10.1. The number of likely N-dealkylation sites (tertiary alicyclic amines) is 1. The number of sulfone groups is 1. The summed E-state index contributed by atoms with van der Waals surface area (Å²) in [6.45, 7) is 2.21. The molecule has 0 saturated carbocycles. The van der Waals surface area contributed by atoms with Crippen molar-refractivity contribution in [3.8, 4) is 0 Å². The van der Waals surface area contributed by atoms with E-state index in [1.54, 1.807) is 23.1 Å². The van der Waals surface area contributed by atoms with Gasteiger partial charge in [0.05, 0.1) is 15.2 Å². The number of halogens is 1. The summed E-state index contributed by atoms with van der Waals surface area (Å²) in [5, 5.41) is 2.61. The number of carbonyl (C=O) groups excluding carboxylic acids is 1. The number of nitrogens with zero attached hydrogens (tertiary/aromatic N) is 2. The molecule has 0 bridgehead atoms. The van der Waals surface area contributed by atoms with E-state index in [4.69, 9.17) is 11.6 Å². The average Bonchev–Trinajstić information content (AvgIpc) is 2.54. The van der Waals surface area contributed by atoms with Crippen LogP contribution in [0.15, 0.2) is 29.2 Å². The van der Waals surface area contributed by atoms with Crippen molar-refractivity contribution in [1.29, 1.82) is 0 Å². The van der Waals surface area contributed by atoms with Crippen LogP contribution >= 0.6 is 11.6 Å². The largest absolute Gasteiger partial charge is 0.337 e. The maximum atomic E-state index is 12.7. The number of likely N-dealkylation sites (N-methyl/N-ethyl adjacent to an activating group) is 1. The smallest absolute Gasteiger partial charge is 0.317 e. The third-order valence-corrected chi connectivity index (χ3v) is 6.91. The first-order valence-electron chi connectivity index (χ1n) is 7.98. The summed E-state index contributed by atoms with van der Waals surface area (Å²) in [6.07, 6.45) is 0.851. The summed E-state index contributed by atoms with van der Waals surface area (Å²) in [5.74, 6) is 0. The molecule has 1 fully saturated rings. The van der Waals surface area contributed by atoms with Crippen molar-refractivity contribution in [3.63, 3.8) is 0 Å². The number of rotatable bonds is 5. The van der Waals surface area contributed by atoms with Gasteiger partial charge in [-0.25, -0.2) is 13.2 Å². The molecule has 2 rings (SSSR count). The van der Waals surface area contributed by atoms with Crippen LogP contribution in [-0.4, -0.2) is 69.8 Å². The minimum Gasteiger partial charge on any atom is -0.337 e. The minimum absolute atomic E-state index is 0.134. The molecule has 1 aliphatic heterocycles. The van der Waals surface area contributed by atoms with Crippen molar-refractivity contribution >= 4 is 27.5 Å². The average molecular weight is 374 g/mol. The molecule has 1 aromatic carbocycles. The second-order valence-electron chi connectivity index (χ2n) is 6.20. The molecule has 0 spiro atoms. The molecule has 2 amide bonds. The van der Waals surface area contributed by atoms with Crippen molar-refractivity contribution in [2.75, 3.05) is 40.3 Å².